The third kappa shape index (κ3) is 4.33. The van der Waals surface area contributed by atoms with Gasteiger partial charge in [-0.25, -0.2) is 0 Å². The monoisotopic (exact) mass is 330 g/mol. The van der Waals surface area contributed by atoms with E-state index in [1.807, 2.05) is 18.2 Å². The highest BCUT2D eigenvalue weighted by molar-refractivity contribution is 7.80. The zero-order valence-corrected chi connectivity index (χ0v) is 14.3. The first kappa shape index (κ1) is 16.0. The second kappa shape index (κ2) is 7.62. The van der Waals surface area contributed by atoms with Crippen LogP contribution in [0.15, 0.2) is 47.1 Å². The number of hydrogen-bond donors (Lipinski definition) is 3. The van der Waals surface area contributed by atoms with Gasteiger partial charge in [0.1, 0.15) is 0 Å². The number of likely N-dealkylation sites (tertiary alicyclic amines) is 1. The van der Waals surface area contributed by atoms with E-state index in [4.69, 9.17) is 16.6 Å². The number of anilines is 1. The highest BCUT2D eigenvalue weighted by atomic mass is 32.1. The molecule has 0 aliphatic carbocycles. The Hall–Kier alpha value is -1.85. The number of quaternary nitrogens is 1. The first-order valence-corrected chi connectivity index (χ1v) is 8.63. The van der Waals surface area contributed by atoms with Crippen LogP contribution < -0.4 is 15.5 Å². The van der Waals surface area contributed by atoms with Gasteiger partial charge in [0.05, 0.1) is 25.9 Å². The van der Waals surface area contributed by atoms with Crippen LogP contribution in [0.25, 0.3) is 0 Å². The Morgan fingerprint density at radius 2 is 2.09 bits per heavy atom. The van der Waals surface area contributed by atoms with Gasteiger partial charge >= 0.3 is 0 Å². The summed E-state index contributed by atoms with van der Waals surface area (Å²) in [6, 6.07) is 12.5. The third-order valence-corrected chi connectivity index (χ3v) is 4.61. The summed E-state index contributed by atoms with van der Waals surface area (Å²) in [4.78, 5) is 1.57. The molecule has 2 aromatic rings. The fraction of sp³-hybridized carbons (Fsp3) is 0.389. The van der Waals surface area contributed by atoms with Crippen molar-refractivity contribution in [1.82, 2.24) is 5.32 Å². The van der Waals surface area contributed by atoms with Crippen molar-refractivity contribution in [2.45, 2.75) is 25.8 Å². The molecule has 1 saturated heterocycles. The van der Waals surface area contributed by atoms with Gasteiger partial charge in [-0.15, -0.1) is 0 Å². The zero-order chi connectivity index (χ0) is 16.1. The number of thiocarbonyl (C=S) groups is 1. The van der Waals surface area contributed by atoms with Crippen molar-refractivity contribution in [1.29, 1.82) is 0 Å². The van der Waals surface area contributed by atoms with E-state index in [1.165, 1.54) is 31.5 Å². The second-order valence-electron chi connectivity index (χ2n) is 6.14. The molecule has 1 aromatic heterocycles. The van der Waals surface area contributed by atoms with Crippen LogP contribution in [-0.2, 0) is 0 Å². The molecule has 0 unspecified atom stereocenters. The van der Waals surface area contributed by atoms with E-state index >= 15 is 0 Å². The van der Waals surface area contributed by atoms with Gasteiger partial charge < -0.3 is 20.0 Å². The summed E-state index contributed by atoms with van der Waals surface area (Å²) >= 11 is 5.44. The van der Waals surface area contributed by atoms with E-state index < -0.39 is 0 Å². The van der Waals surface area contributed by atoms with Gasteiger partial charge in [-0.2, -0.15) is 0 Å². The minimum Gasteiger partial charge on any atom is -0.463 e. The Balaban J connectivity index is 1.59. The van der Waals surface area contributed by atoms with Crippen LogP contribution in [0.3, 0.4) is 0 Å². The van der Waals surface area contributed by atoms with E-state index in [1.54, 1.807) is 11.2 Å². The summed E-state index contributed by atoms with van der Waals surface area (Å²) < 4.78 is 5.65. The maximum Gasteiger partial charge on any atom is 0.171 e. The largest absolute Gasteiger partial charge is 0.463 e. The SMILES string of the molecule is Cc1cccc(NC(=S)NC[C@H](c2ccco2)[NH+]2CCCC2)c1. The molecule has 23 heavy (non-hydrogen) atoms. The van der Waals surface area contributed by atoms with Crippen molar-refractivity contribution in [3.63, 3.8) is 0 Å². The Morgan fingerprint density at radius 1 is 1.26 bits per heavy atom. The fourth-order valence-corrected chi connectivity index (χ4v) is 3.41. The predicted molar refractivity (Wildman–Crippen MR) is 96.8 cm³/mol. The first-order valence-electron chi connectivity index (χ1n) is 8.22. The third-order valence-electron chi connectivity index (χ3n) is 4.37. The molecule has 1 atom stereocenters. The van der Waals surface area contributed by atoms with Crippen molar-refractivity contribution in [3.8, 4) is 0 Å². The summed E-state index contributed by atoms with van der Waals surface area (Å²) in [7, 11) is 0. The average molecular weight is 330 g/mol. The molecule has 0 radical (unpaired) electrons. The van der Waals surface area contributed by atoms with Crippen LogP contribution in [0, 0.1) is 6.92 Å². The van der Waals surface area contributed by atoms with Crippen LogP contribution >= 0.6 is 12.2 Å². The molecule has 1 aromatic carbocycles. The van der Waals surface area contributed by atoms with Gasteiger partial charge in [-0.1, -0.05) is 12.1 Å². The summed E-state index contributed by atoms with van der Waals surface area (Å²) in [5.41, 5.74) is 2.23. The highest BCUT2D eigenvalue weighted by Gasteiger charge is 2.29. The smallest absolute Gasteiger partial charge is 0.171 e. The van der Waals surface area contributed by atoms with Gasteiger partial charge in [-0.3, -0.25) is 0 Å². The number of rotatable bonds is 5. The molecule has 0 spiro atoms. The van der Waals surface area contributed by atoms with Gasteiger partial charge in [0, 0.05) is 18.5 Å². The summed E-state index contributed by atoms with van der Waals surface area (Å²) in [5.74, 6) is 1.03. The topological polar surface area (TPSA) is 41.6 Å². The van der Waals surface area contributed by atoms with Crippen molar-refractivity contribution >= 4 is 23.0 Å². The lowest BCUT2D eigenvalue weighted by atomic mass is 10.2. The number of aryl methyl sites for hydroxylation is 1. The van der Waals surface area contributed by atoms with E-state index in [2.05, 4.69) is 35.8 Å². The normalized spacial score (nSPS) is 16.2. The maximum absolute atomic E-state index is 5.65. The Morgan fingerprint density at radius 3 is 2.78 bits per heavy atom. The molecular formula is C18H24N3OS+. The molecule has 2 heterocycles. The predicted octanol–water partition coefficient (Wildman–Crippen LogP) is 2.29. The molecule has 0 amide bonds. The maximum atomic E-state index is 5.65. The fourth-order valence-electron chi connectivity index (χ4n) is 3.21. The van der Waals surface area contributed by atoms with Crippen LogP contribution in [0.2, 0.25) is 0 Å². The van der Waals surface area contributed by atoms with Gasteiger partial charge in [-0.05, 0) is 49.0 Å². The number of furan rings is 1. The van der Waals surface area contributed by atoms with Crippen molar-refractivity contribution in [3.05, 3.63) is 54.0 Å². The lowest BCUT2D eigenvalue weighted by molar-refractivity contribution is -0.919. The quantitative estimate of drug-likeness (QED) is 0.736. The summed E-state index contributed by atoms with van der Waals surface area (Å²) in [6.45, 7) is 5.25. The Bertz CT molecular complexity index is 635. The number of hydrogen-bond acceptors (Lipinski definition) is 2. The van der Waals surface area contributed by atoms with E-state index in [0.29, 0.717) is 11.2 Å². The first-order chi connectivity index (χ1) is 11.2. The molecule has 1 fully saturated rings. The molecule has 1 aliphatic rings. The second-order valence-corrected chi connectivity index (χ2v) is 6.55. The molecule has 3 N–H and O–H groups in total. The number of benzene rings is 1. The van der Waals surface area contributed by atoms with Crippen LogP contribution in [0.5, 0.6) is 0 Å². The Kier molecular flexibility index (Phi) is 5.31. The molecule has 3 rings (SSSR count). The van der Waals surface area contributed by atoms with Crippen LogP contribution in [-0.4, -0.2) is 24.7 Å². The lowest BCUT2D eigenvalue weighted by Gasteiger charge is -2.23. The van der Waals surface area contributed by atoms with Gasteiger partial charge in [0.2, 0.25) is 0 Å². The van der Waals surface area contributed by atoms with E-state index in [9.17, 15) is 0 Å². The van der Waals surface area contributed by atoms with Crippen LogP contribution in [0.4, 0.5) is 5.69 Å². The molecule has 5 heteroatoms. The molecule has 0 bridgehead atoms. The van der Waals surface area contributed by atoms with Crippen molar-refractivity contribution in [2.75, 3.05) is 25.0 Å². The highest BCUT2D eigenvalue weighted by Crippen LogP contribution is 2.12. The summed E-state index contributed by atoms with van der Waals surface area (Å²) in [6.07, 6.45) is 4.33. The minimum atomic E-state index is 0.310. The molecule has 1 aliphatic heterocycles. The van der Waals surface area contributed by atoms with Gasteiger partial charge in [0.25, 0.3) is 0 Å². The van der Waals surface area contributed by atoms with E-state index in [0.717, 1.165) is 18.0 Å². The standard InChI is InChI=1S/C18H23N3OS/c1-14-6-4-7-15(12-14)20-18(23)19-13-16(17-8-5-11-22-17)21-9-2-3-10-21/h4-8,11-12,16H,2-3,9-10,13H2,1H3,(H2,19,20,23)/p+1/t16-/m1/s1. The summed E-state index contributed by atoms with van der Waals surface area (Å²) in [5, 5.41) is 7.27. The average Bonchev–Trinajstić information content (AvgIpc) is 3.21. The van der Waals surface area contributed by atoms with E-state index in [-0.39, 0.29) is 0 Å². The van der Waals surface area contributed by atoms with Crippen molar-refractivity contribution < 1.29 is 9.32 Å². The van der Waals surface area contributed by atoms with Crippen LogP contribution in [0.1, 0.15) is 30.2 Å². The zero-order valence-electron chi connectivity index (χ0n) is 13.5. The molecule has 4 nitrogen and oxygen atoms in total. The molecule has 122 valence electrons. The lowest BCUT2D eigenvalue weighted by Crippen LogP contribution is -3.11. The molecular weight excluding hydrogens is 306 g/mol. The minimum absolute atomic E-state index is 0.310. The number of nitrogens with one attached hydrogen (secondary N) is 3. The van der Waals surface area contributed by atoms with Gasteiger partial charge in [0.15, 0.2) is 16.9 Å². The Labute approximate surface area is 142 Å². The molecule has 0 saturated carbocycles. The van der Waals surface area contributed by atoms with Crippen molar-refractivity contribution in [2.24, 2.45) is 0 Å².